The van der Waals surface area contributed by atoms with E-state index in [0.717, 1.165) is 29.7 Å². The number of carbonyl (C=O) groups is 1. The van der Waals surface area contributed by atoms with Crippen molar-refractivity contribution in [3.63, 3.8) is 0 Å². The molecule has 4 heteroatoms. The second-order valence-corrected chi connectivity index (χ2v) is 17.1. The van der Waals surface area contributed by atoms with Crippen molar-refractivity contribution in [1.29, 1.82) is 0 Å². The summed E-state index contributed by atoms with van der Waals surface area (Å²) in [6.45, 7) is 17.6. The predicted octanol–water partition coefficient (Wildman–Crippen LogP) is 10.3. The highest BCUT2D eigenvalue weighted by Gasteiger charge is 2.83. The largest absolute Gasteiger partial charge is 0.493 e. The number of aromatic carboxylic acids is 1. The van der Waals surface area contributed by atoms with Gasteiger partial charge in [-0.25, -0.2) is 4.79 Å². The smallest absolute Gasteiger partial charge is 0.336 e. The van der Waals surface area contributed by atoms with E-state index >= 15 is 0 Å². The van der Waals surface area contributed by atoms with Crippen molar-refractivity contribution in [2.45, 2.75) is 119 Å². The zero-order valence-electron chi connectivity index (χ0n) is 28.6. The molecule has 4 nitrogen and oxygen atoms in total. The highest BCUT2D eigenvalue weighted by molar-refractivity contribution is 5.98. The van der Waals surface area contributed by atoms with Crippen molar-refractivity contribution >= 4 is 11.5 Å². The molecule has 43 heavy (non-hydrogen) atoms. The average molecular weight is 591 g/mol. The minimum absolute atomic E-state index is 0.00676. The van der Waals surface area contributed by atoms with E-state index in [1.54, 1.807) is 26.4 Å². The molecule has 0 amide bonds. The molecule has 0 unspecified atom stereocenters. The van der Waals surface area contributed by atoms with Crippen molar-refractivity contribution in [3.05, 3.63) is 29.3 Å². The number of carboxylic acids is 1. The van der Waals surface area contributed by atoms with Gasteiger partial charge in [0, 0.05) is 11.0 Å². The number of carboxylic acid groups (broad SMARTS) is 1. The van der Waals surface area contributed by atoms with Gasteiger partial charge in [0.15, 0.2) is 11.5 Å². The van der Waals surface area contributed by atoms with E-state index in [1.807, 2.05) is 0 Å². The summed E-state index contributed by atoms with van der Waals surface area (Å²) in [7, 11) is 3.32. The van der Waals surface area contributed by atoms with Crippen LogP contribution in [-0.2, 0) is 0 Å². The first kappa shape index (κ1) is 31.0. The molecule has 1 aromatic rings. The Hall–Kier alpha value is -1.97. The van der Waals surface area contributed by atoms with Crippen molar-refractivity contribution in [2.24, 2.45) is 56.7 Å². The van der Waals surface area contributed by atoms with Gasteiger partial charge in [0.2, 0.25) is 0 Å². The molecular formula is C39H58O4. The van der Waals surface area contributed by atoms with Crippen LogP contribution < -0.4 is 9.47 Å². The van der Waals surface area contributed by atoms with E-state index in [-0.39, 0.29) is 16.2 Å². The van der Waals surface area contributed by atoms with Gasteiger partial charge in [0.25, 0.3) is 0 Å². The molecule has 4 saturated carbocycles. The molecular weight excluding hydrogens is 532 g/mol. The number of ether oxygens (including phenoxy) is 2. The Labute approximate surface area is 261 Å². The average Bonchev–Trinajstić information content (AvgIpc) is 3.54. The van der Waals surface area contributed by atoms with Crippen molar-refractivity contribution in [3.8, 4) is 11.5 Å². The SMILES string of the molecule is COc1ccc(C(=O)O)c(C2=CCC(C)(C)[C@@H]3CC[C@@H]4[C@]5(CC[C@]6(C)[C@@H]([C@H](C)CCCC(C)C)CC[C@@]46C)C[C@]235)c1OC. The molecule has 0 saturated heterocycles. The molecule has 4 fully saturated rings. The third-order valence-electron chi connectivity index (χ3n) is 14.8. The number of benzene rings is 1. The minimum Gasteiger partial charge on any atom is -0.493 e. The van der Waals surface area contributed by atoms with E-state index in [4.69, 9.17) is 9.47 Å². The molecule has 6 rings (SSSR count). The molecule has 0 aromatic heterocycles. The number of hydrogen-bond acceptors (Lipinski definition) is 3. The summed E-state index contributed by atoms with van der Waals surface area (Å²) in [5.74, 6) is 3.95. The standard InChI is InChI=1S/C39H58O4/c1-24(2)11-10-12-25(3)27-18-20-37(7)31-16-15-30-35(4,5)19-17-28(39(30)23-38(31,39)22-21-36(27,37)6)32-26(34(40)41)13-14-29(42-8)33(32)43-9/h13-14,17,24-25,27,30-31H,10-12,15-16,18-23H2,1-9H3,(H,40,41)/t25-,27-,30+,31+,36-,37+,38+,39+/m1/s1. The molecule has 238 valence electrons. The highest BCUT2D eigenvalue weighted by Crippen LogP contribution is 2.90. The molecule has 1 N–H and O–H groups in total. The molecule has 0 aliphatic heterocycles. The van der Waals surface area contributed by atoms with Gasteiger partial charge < -0.3 is 14.6 Å². The van der Waals surface area contributed by atoms with Gasteiger partial charge in [0.05, 0.1) is 19.8 Å². The Morgan fingerprint density at radius 3 is 2.30 bits per heavy atom. The van der Waals surface area contributed by atoms with Crippen LogP contribution in [-0.4, -0.2) is 25.3 Å². The third kappa shape index (κ3) is 4.09. The summed E-state index contributed by atoms with van der Waals surface area (Å²) < 4.78 is 11.8. The zero-order chi connectivity index (χ0) is 31.2. The van der Waals surface area contributed by atoms with E-state index in [9.17, 15) is 9.90 Å². The Balaban J connectivity index is 1.43. The molecule has 5 aliphatic carbocycles. The lowest BCUT2D eigenvalue weighted by Gasteiger charge is -2.63. The van der Waals surface area contributed by atoms with Gasteiger partial charge in [-0.05, 0) is 120 Å². The fourth-order valence-corrected chi connectivity index (χ4v) is 12.6. The Kier molecular flexibility index (Phi) is 7.42. The molecule has 5 aliphatic rings. The maximum absolute atomic E-state index is 12.7. The first-order chi connectivity index (χ1) is 20.2. The lowest BCUT2D eigenvalue weighted by atomic mass is 9.41. The van der Waals surface area contributed by atoms with Crippen LogP contribution in [0.5, 0.6) is 11.5 Å². The van der Waals surface area contributed by atoms with E-state index in [2.05, 4.69) is 54.5 Å². The maximum atomic E-state index is 12.7. The fraction of sp³-hybridized carbons (Fsp3) is 0.769. The Morgan fingerprint density at radius 1 is 0.930 bits per heavy atom. The van der Waals surface area contributed by atoms with Gasteiger partial charge in [-0.1, -0.05) is 73.8 Å². The van der Waals surface area contributed by atoms with Crippen molar-refractivity contribution in [1.82, 2.24) is 0 Å². The van der Waals surface area contributed by atoms with Gasteiger partial charge in [0.1, 0.15) is 0 Å². The van der Waals surface area contributed by atoms with Crippen LogP contribution in [0, 0.1) is 56.7 Å². The van der Waals surface area contributed by atoms with Gasteiger partial charge in [-0.3, -0.25) is 0 Å². The lowest BCUT2D eigenvalue weighted by Crippen LogP contribution is -2.56. The normalized spacial score (nSPS) is 39.6. The van der Waals surface area contributed by atoms with E-state index < -0.39 is 5.97 Å². The molecule has 0 bridgehead atoms. The fourth-order valence-electron chi connectivity index (χ4n) is 12.6. The zero-order valence-corrected chi connectivity index (χ0v) is 28.6. The first-order valence-corrected chi connectivity index (χ1v) is 17.4. The van der Waals surface area contributed by atoms with Crippen LogP contribution in [0.15, 0.2) is 18.2 Å². The predicted molar refractivity (Wildman–Crippen MR) is 175 cm³/mol. The maximum Gasteiger partial charge on any atom is 0.336 e. The second-order valence-electron chi connectivity index (χ2n) is 17.1. The van der Waals surface area contributed by atoms with Crippen molar-refractivity contribution < 1.29 is 19.4 Å². The van der Waals surface area contributed by atoms with Crippen LogP contribution in [0.3, 0.4) is 0 Å². The molecule has 1 aromatic carbocycles. The molecule has 0 radical (unpaired) electrons. The van der Waals surface area contributed by atoms with Crippen LogP contribution >= 0.6 is 0 Å². The highest BCUT2D eigenvalue weighted by atomic mass is 16.5. The number of rotatable bonds is 9. The number of hydrogen-bond donors (Lipinski definition) is 1. The minimum atomic E-state index is -0.884. The molecule has 0 heterocycles. The van der Waals surface area contributed by atoms with Crippen molar-refractivity contribution in [2.75, 3.05) is 14.2 Å². The van der Waals surface area contributed by atoms with Gasteiger partial charge >= 0.3 is 5.97 Å². The number of allylic oxidation sites excluding steroid dienone is 2. The van der Waals surface area contributed by atoms with E-state index in [0.29, 0.717) is 39.7 Å². The van der Waals surface area contributed by atoms with Crippen LogP contribution in [0.25, 0.3) is 5.57 Å². The second kappa shape index (κ2) is 10.3. The van der Waals surface area contributed by atoms with Crippen LogP contribution in [0.1, 0.15) is 135 Å². The quantitative estimate of drug-likeness (QED) is 0.311. The monoisotopic (exact) mass is 590 g/mol. The summed E-state index contributed by atoms with van der Waals surface area (Å²) in [6.07, 6.45) is 16.5. The molecule has 8 atom stereocenters. The third-order valence-corrected chi connectivity index (χ3v) is 14.8. The Bertz CT molecular complexity index is 1310. The van der Waals surface area contributed by atoms with Crippen LogP contribution in [0.2, 0.25) is 0 Å². The summed E-state index contributed by atoms with van der Waals surface area (Å²) in [5.41, 5.74) is 3.55. The van der Waals surface area contributed by atoms with Gasteiger partial charge in [-0.15, -0.1) is 0 Å². The van der Waals surface area contributed by atoms with Gasteiger partial charge in [-0.2, -0.15) is 0 Å². The molecule has 2 spiro atoms. The van der Waals surface area contributed by atoms with E-state index in [1.165, 1.54) is 69.8 Å². The Morgan fingerprint density at radius 2 is 1.65 bits per heavy atom. The topological polar surface area (TPSA) is 55.8 Å². The number of fused-ring (bicyclic) bond motifs is 2. The summed E-state index contributed by atoms with van der Waals surface area (Å²) in [4.78, 5) is 12.7. The van der Waals surface area contributed by atoms with Crippen LogP contribution in [0.4, 0.5) is 0 Å². The number of methoxy groups -OCH3 is 2. The summed E-state index contributed by atoms with van der Waals surface area (Å²) in [5, 5.41) is 10.5. The summed E-state index contributed by atoms with van der Waals surface area (Å²) in [6, 6.07) is 3.50. The lowest BCUT2D eigenvalue weighted by molar-refractivity contribution is -0.125. The first-order valence-electron chi connectivity index (χ1n) is 17.4. The summed E-state index contributed by atoms with van der Waals surface area (Å²) >= 11 is 0.